The summed E-state index contributed by atoms with van der Waals surface area (Å²) in [5, 5.41) is 3.39. The van der Waals surface area contributed by atoms with E-state index < -0.39 is 13.8 Å². The lowest BCUT2D eigenvalue weighted by Gasteiger charge is -2.27. The molecule has 0 radical (unpaired) electrons. The minimum Gasteiger partial charge on any atom is -0.330 e. The van der Waals surface area contributed by atoms with Gasteiger partial charge < -0.3 is 5.73 Å². The molecule has 10 heteroatoms. The van der Waals surface area contributed by atoms with Crippen molar-refractivity contribution >= 4 is 14.2 Å². The molecular formula is C8H18N5O4P. The number of amides is 1. The average Bonchev–Trinajstić information content (AvgIpc) is 2.34. The van der Waals surface area contributed by atoms with Gasteiger partial charge in [0.25, 0.3) is 0 Å². The van der Waals surface area contributed by atoms with Gasteiger partial charge in [-0.25, -0.2) is 4.57 Å². The van der Waals surface area contributed by atoms with Crippen LogP contribution in [0, 0.1) is 0 Å². The van der Waals surface area contributed by atoms with Crippen molar-refractivity contribution in [2.24, 2.45) is 10.8 Å². The van der Waals surface area contributed by atoms with Gasteiger partial charge in [0.05, 0.1) is 19.3 Å². The topological polar surface area (TPSA) is 131 Å². The van der Waals surface area contributed by atoms with Crippen molar-refractivity contribution < 1.29 is 18.4 Å². The van der Waals surface area contributed by atoms with Crippen LogP contribution in [-0.4, -0.2) is 43.4 Å². The average molecular weight is 279 g/mol. The molecule has 0 bridgehead atoms. The quantitative estimate of drug-likeness (QED) is 0.211. The molecule has 0 spiro atoms. The van der Waals surface area contributed by atoms with Gasteiger partial charge >= 0.3 is 7.75 Å². The maximum Gasteiger partial charge on any atom is 0.437 e. The summed E-state index contributed by atoms with van der Waals surface area (Å²) in [6.07, 6.45) is 0.335. The zero-order chi connectivity index (χ0) is 14.0. The third-order valence-corrected chi connectivity index (χ3v) is 3.96. The maximum atomic E-state index is 12.3. The van der Waals surface area contributed by atoms with E-state index >= 15 is 0 Å². The van der Waals surface area contributed by atoms with Gasteiger partial charge in [0.1, 0.15) is 0 Å². The Bertz CT molecular complexity index is 336. The van der Waals surface area contributed by atoms with Crippen LogP contribution in [-0.2, 0) is 18.4 Å². The van der Waals surface area contributed by atoms with Gasteiger partial charge in [-0.2, -0.15) is 0 Å². The van der Waals surface area contributed by atoms with Crippen molar-refractivity contribution in [2.75, 3.05) is 26.3 Å². The number of carbonyl (C=O) groups is 1. The summed E-state index contributed by atoms with van der Waals surface area (Å²) in [6.45, 7) is 3.39. The Morgan fingerprint density at radius 3 is 2.39 bits per heavy atom. The van der Waals surface area contributed by atoms with Gasteiger partial charge in [-0.15, -0.1) is 0 Å². The van der Waals surface area contributed by atoms with Crippen molar-refractivity contribution in [2.45, 2.75) is 19.9 Å². The van der Waals surface area contributed by atoms with E-state index in [1.165, 1.54) is 0 Å². The predicted molar refractivity (Wildman–Crippen MR) is 65.6 cm³/mol. The highest BCUT2D eigenvalue weighted by Gasteiger charge is 2.33. The van der Waals surface area contributed by atoms with Gasteiger partial charge in [0.2, 0.25) is 6.41 Å². The third-order valence-electron chi connectivity index (χ3n) is 1.91. The Morgan fingerprint density at radius 1 is 1.50 bits per heavy atom. The molecule has 0 aromatic heterocycles. The molecule has 0 fully saturated rings. The van der Waals surface area contributed by atoms with E-state index in [-0.39, 0.29) is 26.3 Å². The zero-order valence-corrected chi connectivity index (χ0v) is 11.3. The van der Waals surface area contributed by atoms with E-state index in [0.29, 0.717) is 6.41 Å². The molecule has 0 saturated heterocycles. The van der Waals surface area contributed by atoms with Crippen LogP contribution in [0.1, 0.15) is 13.8 Å². The largest absolute Gasteiger partial charge is 0.437 e. The van der Waals surface area contributed by atoms with Gasteiger partial charge in [-0.05, 0) is 19.4 Å². The number of nitrogens with two attached hydrogens (primary N) is 1. The molecule has 0 aliphatic carbocycles. The highest BCUT2D eigenvalue weighted by atomic mass is 31.2. The lowest BCUT2D eigenvalue weighted by atomic mass is 10.3. The molecule has 104 valence electrons. The molecule has 0 heterocycles. The SMILES string of the molecule is CCOP(=O)(OCC)N(C=O)CC(CN)N=[N+]=[N-]. The monoisotopic (exact) mass is 279 g/mol. The molecule has 0 aliphatic rings. The second-order valence-corrected chi connectivity index (χ2v) is 5.09. The minimum atomic E-state index is -3.69. The summed E-state index contributed by atoms with van der Waals surface area (Å²) in [5.74, 6) is 0. The van der Waals surface area contributed by atoms with Crippen molar-refractivity contribution in [3.8, 4) is 0 Å². The maximum absolute atomic E-state index is 12.3. The van der Waals surface area contributed by atoms with E-state index in [1.54, 1.807) is 13.8 Å². The summed E-state index contributed by atoms with van der Waals surface area (Å²) in [6, 6.07) is -0.686. The Labute approximate surface area is 105 Å². The fourth-order valence-corrected chi connectivity index (χ4v) is 2.69. The fraction of sp³-hybridized carbons (Fsp3) is 0.875. The first kappa shape index (κ1) is 16.9. The van der Waals surface area contributed by atoms with E-state index in [2.05, 4.69) is 10.0 Å². The van der Waals surface area contributed by atoms with E-state index in [4.69, 9.17) is 20.3 Å². The lowest BCUT2D eigenvalue weighted by molar-refractivity contribution is -0.115. The molecule has 1 unspecified atom stereocenters. The number of azide groups is 1. The first-order valence-electron chi connectivity index (χ1n) is 5.43. The van der Waals surface area contributed by atoms with Crippen LogP contribution in [0.5, 0.6) is 0 Å². The predicted octanol–water partition coefficient (Wildman–Crippen LogP) is 1.26. The minimum absolute atomic E-state index is 0.0205. The van der Waals surface area contributed by atoms with Crippen LogP contribution < -0.4 is 5.73 Å². The van der Waals surface area contributed by atoms with Crippen LogP contribution in [0.25, 0.3) is 10.4 Å². The summed E-state index contributed by atoms with van der Waals surface area (Å²) < 4.78 is 23.1. The van der Waals surface area contributed by atoms with Crippen molar-refractivity contribution in [1.82, 2.24) is 4.67 Å². The molecule has 0 saturated carbocycles. The second-order valence-electron chi connectivity index (χ2n) is 3.13. The van der Waals surface area contributed by atoms with Gasteiger partial charge in [0.15, 0.2) is 0 Å². The van der Waals surface area contributed by atoms with Crippen LogP contribution in [0.15, 0.2) is 5.11 Å². The van der Waals surface area contributed by atoms with E-state index in [0.717, 1.165) is 4.67 Å². The normalized spacial score (nSPS) is 12.6. The molecule has 1 atom stereocenters. The van der Waals surface area contributed by atoms with Gasteiger partial charge in [0, 0.05) is 18.0 Å². The van der Waals surface area contributed by atoms with Gasteiger partial charge in [-0.3, -0.25) is 18.5 Å². The molecular weight excluding hydrogens is 261 g/mol. The molecule has 0 aromatic carbocycles. The molecule has 9 nitrogen and oxygen atoms in total. The molecule has 0 aromatic rings. The Balaban J connectivity index is 4.95. The first-order valence-corrected chi connectivity index (χ1v) is 6.93. The van der Waals surface area contributed by atoms with Gasteiger partial charge in [-0.1, -0.05) is 5.11 Å². The Hall–Kier alpha value is -1.11. The van der Waals surface area contributed by atoms with Crippen molar-refractivity contribution in [1.29, 1.82) is 0 Å². The first-order chi connectivity index (χ1) is 8.57. The number of rotatable bonds is 10. The molecule has 1 amide bonds. The van der Waals surface area contributed by atoms with Crippen LogP contribution >= 0.6 is 7.75 Å². The van der Waals surface area contributed by atoms with Crippen LogP contribution in [0.4, 0.5) is 0 Å². The Kier molecular flexibility index (Phi) is 8.36. The van der Waals surface area contributed by atoms with E-state index in [9.17, 15) is 9.36 Å². The van der Waals surface area contributed by atoms with Crippen molar-refractivity contribution in [3.05, 3.63) is 10.4 Å². The standard InChI is InChI=1S/C8H18N5O4P/c1-3-16-18(15,17-4-2)13(7-14)6-8(5-9)11-12-10/h7-8H,3-6,9H2,1-2H3. The molecule has 18 heavy (non-hydrogen) atoms. The number of nitrogens with zero attached hydrogens (tertiary/aromatic N) is 4. The fourth-order valence-electron chi connectivity index (χ4n) is 1.16. The highest BCUT2D eigenvalue weighted by molar-refractivity contribution is 7.51. The molecule has 2 N–H and O–H groups in total. The zero-order valence-electron chi connectivity index (χ0n) is 10.4. The Morgan fingerprint density at radius 2 is 2.06 bits per heavy atom. The summed E-state index contributed by atoms with van der Waals surface area (Å²) in [4.78, 5) is 13.6. The molecule has 0 aliphatic heterocycles. The summed E-state index contributed by atoms with van der Waals surface area (Å²) in [7, 11) is -3.69. The summed E-state index contributed by atoms with van der Waals surface area (Å²) >= 11 is 0. The molecule has 0 rings (SSSR count). The highest BCUT2D eigenvalue weighted by Crippen LogP contribution is 2.50. The third kappa shape index (κ3) is 5.03. The number of hydrogen-bond donors (Lipinski definition) is 1. The number of hydrogen-bond acceptors (Lipinski definition) is 6. The van der Waals surface area contributed by atoms with E-state index in [1.807, 2.05) is 0 Å². The number of carbonyl (C=O) groups excluding carboxylic acids is 1. The second kappa shape index (κ2) is 8.91. The lowest BCUT2D eigenvalue weighted by Crippen LogP contribution is -2.33. The van der Waals surface area contributed by atoms with Crippen LogP contribution in [0.3, 0.4) is 0 Å². The van der Waals surface area contributed by atoms with Crippen LogP contribution in [0.2, 0.25) is 0 Å². The van der Waals surface area contributed by atoms with Crippen molar-refractivity contribution in [3.63, 3.8) is 0 Å². The smallest absolute Gasteiger partial charge is 0.330 e. The summed E-state index contributed by atoms with van der Waals surface area (Å²) in [5.41, 5.74) is 13.7.